The van der Waals surface area contributed by atoms with Crippen LogP contribution >= 0.6 is 0 Å². The summed E-state index contributed by atoms with van der Waals surface area (Å²) in [4.78, 5) is 4.62. The number of aryl methyl sites for hydroxylation is 2. The Kier molecular flexibility index (Phi) is 4.18. The van der Waals surface area contributed by atoms with E-state index in [0.29, 0.717) is 17.2 Å². The van der Waals surface area contributed by atoms with Crippen molar-refractivity contribution in [3.8, 4) is 28.8 Å². The molecule has 0 N–H and O–H groups in total. The van der Waals surface area contributed by atoms with E-state index in [1.54, 1.807) is 0 Å². The van der Waals surface area contributed by atoms with Gasteiger partial charge in [-0.25, -0.2) is 4.98 Å². The molecular weight excluding hydrogens is 308 g/mol. The maximum atomic E-state index is 9.42. The van der Waals surface area contributed by atoms with E-state index < -0.39 is 0 Å². The molecule has 3 aromatic rings. The number of nitriles is 1. The summed E-state index contributed by atoms with van der Waals surface area (Å²) in [7, 11) is 0. The first-order valence-corrected chi connectivity index (χ1v) is 8.60. The second-order valence-corrected chi connectivity index (χ2v) is 6.26. The molecule has 25 heavy (non-hydrogen) atoms. The van der Waals surface area contributed by atoms with Gasteiger partial charge >= 0.3 is 0 Å². The van der Waals surface area contributed by atoms with E-state index in [4.69, 9.17) is 4.74 Å². The van der Waals surface area contributed by atoms with Crippen LogP contribution in [-0.2, 0) is 12.8 Å². The molecule has 4 rings (SSSR count). The van der Waals surface area contributed by atoms with Gasteiger partial charge in [0.15, 0.2) is 0 Å². The van der Waals surface area contributed by atoms with E-state index in [-0.39, 0.29) is 0 Å². The summed E-state index contributed by atoms with van der Waals surface area (Å²) in [5, 5.41) is 9.42. The molecule has 0 atom stereocenters. The van der Waals surface area contributed by atoms with Crippen LogP contribution in [0.4, 0.5) is 0 Å². The largest absolute Gasteiger partial charge is 0.438 e. The minimum Gasteiger partial charge on any atom is -0.438 e. The molecule has 1 heterocycles. The zero-order valence-electron chi connectivity index (χ0n) is 13.9. The fraction of sp³-hybridized carbons (Fsp3) is 0.182. The topological polar surface area (TPSA) is 45.9 Å². The molecule has 0 unspecified atom stereocenters. The van der Waals surface area contributed by atoms with Crippen molar-refractivity contribution in [1.82, 2.24) is 4.98 Å². The van der Waals surface area contributed by atoms with E-state index in [2.05, 4.69) is 23.2 Å². The molecule has 1 aliphatic rings. The molecule has 122 valence electrons. The molecule has 0 saturated heterocycles. The molecular formula is C22H18N2O. The third-order valence-electron chi connectivity index (χ3n) is 4.56. The average Bonchev–Trinajstić information content (AvgIpc) is 2.69. The van der Waals surface area contributed by atoms with Gasteiger partial charge in [0.1, 0.15) is 17.4 Å². The Balaban J connectivity index is 1.61. The smallest absolute Gasteiger partial charge is 0.237 e. The van der Waals surface area contributed by atoms with Crippen LogP contribution < -0.4 is 4.74 Å². The summed E-state index contributed by atoms with van der Waals surface area (Å²) in [6, 6.07) is 22.3. The average molecular weight is 326 g/mol. The second kappa shape index (κ2) is 6.78. The number of hydrogen-bond acceptors (Lipinski definition) is 3. The van der Waals surface area contributed by atoms with Gasteiger partial charge < -0.3 is 4.74 Å². The van der Waals surface area contributed by atoms with Gasteiger partial charge in [0.2, 0.25) is 5.88 Å². The van der Waals surface area contributed by atoms with E-state index in [1.165, 1.54) is 17.5 Å². The SMILES string of the molecule is N#Cc1cc2c(nc1Oc1ccc(-c3ccccc3)cc1)CCCC2. The number of hydrogen-bond donors (Lipinski definition) is 0. The summed E-state index contributed by atoms with van der Waals surface area (Å²) in [6.07, 6.45) is 4.28. The Labute approximate surface area is 147 Å². The maximum Gasteiger partial charge on any atom is 0.237 e. The van der Waals surface area contributed by atoms with Crippen LogP contribution in [0.25, 0.3) is 11.1 Å². The highest BCUT2D eigenvalue weighted by molar-refractivity contribution is 5.64. The van der Waals surface area contributed by atoms with Gasteiger partial charge in [-0.2, -0.15) is 5.26 Å². The van der Waals surface area contributed by atoms with E-state index in [9.17, 15) is 5.26 Å². The predicted octanol–water partition coefficient (Wildman–Crippen LogP) is 5.29. The lowest BCUT2D eigenvalue weighted by atomic mass is 9.95. The van der Waals surface area contributed by atoms with Crippen LogP contribution in [0.15, 0.2) is 60.7 Å². The molecule has 0 radical (unpaired) electrons. The molecule has 3 nitrogen and oxygen atoms in total. The highest BCUT2D eigenvalue weighted by Crippen LogP contribution is 2.30. The Hall–Kier alpha value is -3.12. The van der Waals surface area contributed by atoms with Crippen molar-refractivity contribution in [1.29, 1.82) is 5.26 Å². The Morgan fingerprint density at radius 2 is 1.60 bits per heavy atom. The summed E-state index contributed by atoms with van der Waals surface area (Å²) in [6.45, 7) is 0. The third kappa shape index (κ3) is 3.25. The highest BCUT2D eigenvalue weighted by atomic mass is 16.5. The van der Waals surface area contributed by atoms with Crippen molar-refractivity contribution in [2.45, 2.75) is 25.7 Å². The van der Waals surface area contributed by atoms with Crippen LogP contribution in [0, 0.1) is 11.3 Å². The zero-order chi connectivity index (χ0) is 17.1. The van der Waals surface area contributed by atoms with Gasteiger partial charge in [0, 0.05) is 5.69 Å². The summed E-state index contributed by atoms with van der Waals surface area (Å²) in [5.41, 5.74) is 5.06. The normalized spacial score (nSPS) is 12.9. The van der Waals surface area contributed by atoms with Crippen LogP contribution in [0.2, 0.25) is 0 Å². The lowest BCUT2D eigenvalue weighted by Gasteiger charge is -2.16. The summed E-state index contributed by atoms with van der Waals surface area (Å²) < 4.78 is 5.92. The second-order valence-electron chi connectivity index (χ2n) is 6.26. The Bertz CT molecular complexity index is 925. The molecule has 1 aromatic heterocycles. The molecule has 0 spiro atoms. The number of ether oxygens (including phenoxy) is 1. The van der Waals surface area contributed by atoms with Gasteiger partial charge in [-0.3, -0.25) is 0 Å². The number of aromatic nitrogens is 1. The minimum atomic E-state index is 0.413. The maximum absolute atomic E-state index is 9.42. The van der Waals surface area contributed by atoms with Crippen molar-refractivity contribution >= 4 is 0 Å². The first-order valence-electron chi connectivity index (χ1n) is 8.60. The lowest BCUT2D eigenvalue weighted by molar-refractivity contribution is 0.456. The molecule has 0 aliphatic heterocycles. The quantitative estimate of drug-likeness (QED) is 0.657. The van der Waals surface area contributed by atoms with Gasteiger partial charge in [0.25, 0.3) is 0 Å². The fourth-order valence-electron chi connectivity index (χ4n) is 3.23. The minimum absolute atomic E-state index is 0.413. The molecule has 2 aromatic carbocycles. The van der Waals surface area contributed by atoms with Gasteiger partial charge in [-0.1, -0.05) is 42.5 Å². The molecule has 0 saturated carbocycles. The first-order chi connectivity index (χ1) is 12.3. The summed E-state index contributed by atoms with van der Waals surface area (Å²) in [5.74, 6) is 1.11. The van der Waals surface area contributed by atoms with Crippen molar-refractivity contribution in [2.75, 3.05) is 0 Å². The molecule has 3 heteroatoms. The first kappa shape index (κ1) is 15.4. The van der Waals surface area contributed by atoms with E-state index in [0.717, 1.165) is 30.5 Å². The van der Waals surface area contributed by atoms with Crippen LogP contribution in [0.1, 0.15) is 29.7 Å². The molecule has 0 bridgehead atoms. The predicted molar refractivity (Wildman–Crippen MR) is 97.5 cm³/mol. The lowest BCUT2D eigenvalue weighted by Crippen LogP contribution is -2.07. The van der Waals surface area contributed by atoms with Crippen molar-refractivity contribution in [2.24, 2.45) is 0 Å². The van der Waals surface area contributed by atoms with E-state index in [1.807, 2.05) is 48.5 Å². The van der Waals surface area contributed by atoms with Gasteiger partial charge in [0.05, 0.1) is 0 Å². The van der Waals surface area contributed by atoms with Crippen LogP contribution in [0.5, 0.6) is 11.6 Å². The Morgan fingerprint density at radius 3 is 2.36 bits per heavy atom. The van der Waals surface area contributed by atoms with Crippen molar-refractivity contribution in [3.05, 3.63) is 77.5 Å². The van der Waals surface area contributed by atoms with Crippen LogP contribution in [-0.4, -0.2) is 4.98 Å². The summed E-state index contributed by atoms with van der Waals surface area (Å²) >= 11 is 0. The van der Waals surface area contributed by atoms with Crippen LogP contribution in [0.3, 0.4) is 0 Å². The standard InChI is InChI=1S/C22H18N2O/c23-15-19-14-18-8-4-5-9-21(18)24-22(19)25-20-12-10-17(11-13-20)16-6-2-1-3-7-16/h1-3,6-7,10-14H,4-5,8-9H2. The fourth-order valence-corrected chi connectivity index (χ4v) is 3.23. The van der Waals surface area contributed by atoms with E-state index >= 15 is 0 Å². The number of nitrogens with zero attached hydrogens (tertiary/aromatic N) is 2. The number of fused-ring (bicyclic) bond motifs is 1. The zero-order valence-corrected chi connectivity index (χ0v) is 13.9. The number of benzene rings is 2. The highest BCUT2D eigenvalue weighted by Gasteiger charge is 2.16. The Morgan fingerprint density at radius 1 is 0.880 bits per heavy atom. The van der Waals surface area contributed by atoms with Crippen molar-refractivity contribution in [3.63, 3.8) is 0 Å². The van der Waals surface area contributed by atoms with Gasteiger partial charge in [-0.15, -0.1) is 0 Å². The monoisotopic (exact) mass is 326 g/mol. The number of pyridine rings is 1. The van der Waals surface area contributed by atoms with Crippen molar-refractivity contribution < 1.29 is 4.74 Å². The third-order valence-corrected chi connectivity index (χ3v) is 4.56. The molecule has 0 amide bonds. The molecule has 1 aliphatic carbocycles. The molecule has 0 fully saturated rings. The van der Waals surface area contributed by atoms with Gasteiger partial charge in [-0.05, 0) is 60.6 Å². The number of rotatable bonds is 3.